The minimum Gasteiger partial charge on any atom is -0.334 e. The van der Waals surface area contributed by atoms with Gasteiger partial charge in [-0.2, -0.15) is 0 Å². The molecule has 0 unspecified atom stereocenters. The van der Waals surface area contributed by atoms with Crippen molar-refractivity contribution in [2.45, 2.75) is 43.9 Å². The van der Waals surface area contributed by atoms with E-state index in [2.05, 4.69) is 23.9 Å². The molecule has 1 aromatic heterocycles. The molecule has 1 atom stereocenters. The smallest absolute Gasteiger partial charge is 0.233 e. The number of rotatable bonds is 8. The van der Waals surface area contributed by atoms with Gasteiger partial charge in [0.05, 0.1) is 22.9 Å². The Bertz CT molecular complexity index is 1190. The van der Waals surface area contributed by atoms with E-state index >= 15 is 0 Å². The number of carbonyl (C=O) groups is 1. The molecule has 9 heteroatoms. The van der Waals surface area contributed by atoms with E-state index in [1.165, 1.54) is 11.8 Å². The summed E-state index contributed by atoms with van der Waals surface area (Å²) in [7, 11) is -3.10. The normalized spacial score (nSPS) is 17.4. The average Bonchev–Trinajstić information content (AvgIpc) is 3.40. The molecule has 2 aromatic carbocycles. The second-order valence-electron chi connectivity index (χ2n) is 8.51. The van der Waals surface area contributed by atoms with E-state index in [0.29, 0.717) is 18.1 Å². The van der Waals surface area contributed by atoms with Crippen LogP contribution in [0.4, 0.5) is 0 Å². The van der Waals surface area contributed by atoms with Crippen LogP contribution in [0, 0.1) is 0 Å². The molecule has 0 radical (unpaired) electrons. The van der Waals surface area contributed by atoms with E-state index in [1.54, 1.807) is 4.90 Å². The van der Waals surface area contributed by atoms with Crippen LogP contribution in [0.2, 0.25) is 0 Å². The summed E-state index contributed by atoms with van der Waals surface area (Å²) in [4.78, 5) is 19.6. The molecule has 2 heterocycles. The van der Waals surface area contributed by atoms with Gasteiger partial charge in [-0.15, -0.1) is 5.10 Å². The summed E-state index contributed by atoms with van der Waals surface area (Å²) in [6.45, 7) is 4.51. The van der Waals surface area contributed by atoms with Crippen LogP contribution >= 0.6 is 11.8 Å². The van der Waals surface area contributed by atoms with Gasteiger partial charge >= 0.3 is 0 Å². The lowest BCUT2D eigenvalue weighted by Crippen LogP contribution is -2.41. The third-order valence-corrected chi connectivity index (χ3v) is 8.19. The van der Waals surface area contributed by atoms with Gasteiger partial charge in [0.2, 0.25) is 11.1 Å². The highest BCUT2D eigenvalue weighted by Crippen LogP contribution is 2.25. The van der Waals surface area contributed by atoms with Crippen LogP contribution in [0.3, 0.4) is 0 Å². The van der Waals surface area contributed by atoms with E-state index in [4.69, 9.17) is 0 Å². The lowest BCUT2D eigenvalue weighted by molar-refractivity contribution is -0.130. The Hall–Kier alpha value is -2.65. The zero-order valence-electron chi connectivity index (χ0n) is 18.8. The van der Waals surface area contributed by atoms with Gasteiger partial charge in [-0.3, -0.25) is 4.79 Å². The summed E-state index contributed by atoms with van der Waals surface area (Å²) in [6.07, 6.45) is 0.476. The molecule has 1 amide bonds. The molecule has 1 aliphatic heterocycles. The number of thioether (sulfide) groups is 1. The summed E-state index contributed by atoms with van der Waals surface area (Å²) in [6, 6.07) is 19.2. The zero-order valence-corrected chi connectivity index (χ0v) is 20.4. The molecule has 174 valence electrons. The molecule has 0 spiro atoms. The van der Waals surface area contributed by atoms with Crippen molar-refractivity contribution in [1.82, 2.24) is 19.7 Å². The Kier molecular flexibility index (Phi) is 7.19. The molecule has 0 bridgehead atoms. The number of hydrogen-bond acceptors (Lipinski definition) is 6. The fourth-order valence-corrected chi connectivity index (χ4v) is 6.38. The number of nitrogens with zero attached hydrogens (tertiary/aromatic N) is 4. The molecule has 7 nitrogen and oxygen atoms in total. The first-order valence-electron chi connectivity index (χ1n) is 11.0. The van der Waals surface area contributed by atoms with Gasteiger partial charge < -0.3 is 4.90 Å². The van der Waals surface area contributed by atoms with Crippen LogP contribution < -0.4 is 0 Å². The van der Waals surface area contributed by atoms with E-state index in [-0.39, 0.29) is 35.1 Å². The lowest BCUT2D eigenvalue weighted by Gasteiger charge is -2.28. The molecule has 0 saturated carbocycles. The predicted octanol–water partition coefficient (Wildman–Crippen LogP) is 3.70. The van der Waals surface area contributed by atoms with Gasteiger partial charge in [0.1, 0.15) is 5.82 Å². The van der Waals surface area contributed by atoms with E-state index < -0.39 is 9.84 Å². The van der Waals surface area contributed by atoms with E-state index in [0.717, 1.165) is 17.1 Å². The van der Waals surface area contributed by atoms with Crippen LogP contribution in [0.5, 0.6) is 0 Å². The molecule has 3 aromatic rings. The van der Waals surface area contributed by atoms with Crippen molar-refractivity contribution in [2.75, 3.05) is 17.3 Å². The Labute approximate surface area is 199 Å². The van der Waals surface area contributed by atoms with Gasteiger partial charge in [-0.25, -0.2) is 18.1 Å². The van der Waals surface area contributed by atoms with Crippen LogP contribution in [0.15, 0.2) is 65.8 Å². The van der Waals surface area contributed by atoms with Crippen LogP contribution in [-0.2, 0) is 21.2 Å². The number of aromatic nitrogens is 3. The van der Waals surface area contributed by atoms with E-state index in [1.807, 2.05) is 65.3 Å². The minimum absolute atomic E-state index is 0.0224. The third kappa shape index (κ3) is 5.83. The fourth-order valence-electron chi connectivity index (χ4n) is 3.93. The molecular weight excluding hydrogens is 456 g/mol. The number of hydrogen-bond donors (Lipinski definition) is 0. The molecule has 33 heavy (non-hydrogen) atoms. The maximum atomic E-state index is 13.3. The van der Waals surface area contributed by atoms with Gasteiger partial charge in [-0.05, 0) is 24.1 Å². The first-order valence-corrected chi connectivity index (χ1v) is 13.8. The summed E-state index contributed by atoms with van der Waals surface area (Å²) >= 11 is 1.29. The molecule has 1 aliphatic rings. The summed E-state index contributed by atoms with van der Waals surface area (Å²) < 4.78 is 26.0. The Balaban J connectivity index is 1.51. The van der Waals surface area contributed by atoms with Crippen molar-refractivity contribution in [3.05, 3.63) is 72.1 Å². The van der Waals surface area contributed by atoms with Crippen molar-refractivity contribution < 1.29 is 13.2 Å². The quantitative estimate of drug-likeness (QED) is 0.453. The largest absolute Gasteiger partial charge is 0.334 e. The first kappa shape index (κ1) is 23.5. The van der Waals surface area contributed by atoms with Crippen molar-refractivity contribution in [3.8, 4) is 5.69 Å². The SMILES string of the molecule is CC(C)c1nc(SCC(=O)N(Cc2ccccc2)[C@@H]2CCS(=O)(=O)C2)nn1-c1ccccc1. The van der Waals surface area contributed by atoms with Crippen LogP contribution in [-0.4, -0.2) is 57.3 Å². The number of para-hydroxylation sites is 1. The molecule has 1 saturated heterocycles. The second kappa shape index (κ2) is 10.1. The molecule has 1 fully saturated rings. The molecule has 0 aliphatic carbocycles. The Morgan fingerprint density at radius 1 is 1.12 bits per heavy atom. The number of sulfone groups is 1. The van der Waals surface area contributed by atoms with Gasteiger partial charge in [0, 0.05) is 18.5 Å². The minimum atomic E-state index is -3.10. The monoisotopic (exact) mass is 484 g/mol. The maximum absolute atomic E-state index is 13.3. The summed E-state index contributed by atoms with van der Waals surface area (Å²) in [5.74, 6) is 1.20. The fraction of sp³-hybridized carbons (Fsp3) is 0.375. The predicted molar refractivity (Wildman–Crippen MR) is 130 cm³/mol. The highest BCUT2D eigenvalue weighted by Gasteiger charge is 2.34. The standard InChI is InChI=1S/C24H28N4O3S2/c1-18(2)23-25-24(26-28(23)20-11-7-4-8-12-20)32-16-22(29)27(15-19-9-5-3-6-10-19)21-13-14-33(30,31)17-21/h3-12,18,21H,13-17H2,1-2H3/t21-/m1/s1. The van der Waals surface area contributed by atoms with Crippen molar-refractivity contribution in [2.24, 2.45) is 0 Å². The summed E-state index contributed by atoms with van der Waals surface area (Å²) in [5, 5.41) is 5.18. The number of benzene rings is 2. The van der Waals surface area contributed by atoms with Crippen LogP contribution in [0.25, 0.3) is 5.69 Å². The van der Waals surface area contributed by atoms with Gasteiger partial charge in [0.25, 0.3) is 0 Å². The Morgan fingerprint density at radius 3 is 2.39 bits per heavy atom. The Morgan fingerprint density at radius 2 is 1.79 bits per heavy atom. The van der Waals surface area contributed by atoms with E-state index in [9.17, 15) is 13.2 Å². The lowest BCUT2D eigenvalue weighted by atomic mass is 10.1. The maximum Gasteiger partial charge on any atom is 0.233 e. The van der Waals surface area contributed by atoms with Crippen LogP contribution in [0.1, 0.15) is 37.6 Å². The molecular formula is C24H28N4O3S2. The highest BCUT2D eigenvalue weighted by atomic mass is 32.2. The average molecular weight is 485 g/mol. The molecule has 4 rings (SSSR count). The molecule has 0 N–H and O–H groups in total. The number of amides is 1. The first-order chi connectivity index (χ1) is 15.8. The zero-order chi connectivity index (χ0) is 23.4. The van der Waals surface area contributed by atoms with Gasteiger partial charge in [0.15, 0.2) is 9.84 Å². The second-order valence-corrected chi connectivity index (χ2v) is 11.7. The van der Waals surface area contributed by atoms with Crippen molar-refractivity contribution >= 4 is 27.5 Å². The summed E-state index contributed by atoms with van der Waals surface area (Å²) in [5.41, 5.74) is 1.91. The highest BCUT2D eigenvalue weighted by molar-refractivity contribution is 7.99. The number of carbonyl (C=O) groups excluding carboxylic acids is 1. The third-order valence-electron chi connectivity index (χ3n) is 5.62. The topological polar surface area (TPSA) is 85.2 Å². The van der Waals surface area contributed by atoms with Gasteiger partial charge in [-0.1, -0.05) is 74.1 Å². The van der Waals surface area contributed by atoms with Crippen molar-refractivity contribution in [3.63, 3.8) is 0 Å². The van der Waals surface area contributed by atoms with Crippen molar-refractivity contribution in [1.29, 1.82) is 0 Å².